The number of hydrogen-bond acceptors (Lipinski definition) is 2. The molecule has 1 aliphatic carbocycles. The molecule has 1 aromatic rings. The van der Waals surface area contributed by atoms with Gasteiger partial charge in [-0.05, 0) is 43.0 Å². The molecule has 2 heteroatoms. The molecule has 1 aliphatic rings. The van der Waals surface area contributed by atoms with E-state index < -0.39 is 0 Å². The van der Waals surface area contributed by atoms with Crippen LogP contribution in [0.15, 0.2) is 30.9 Å². The van der Waals surface area contributed by atoms with Gasteiger partial charge in [-0.15, -0.1) is 6.58 Å². The number of carbonyl (C=O) groups excluding carboxylic acids is 1. The van der Waals surface area contributed by atoms with Crippen LogP contribution < -0.4 is 4.74 Å². The fourth-order valence-electron chi connectivity index (χ4n) is 2.49. The number of methoxy groups -OCH3 is 1. The van der Waals surface area contributed by atoms with Crippen molar-refractivity contribution in [3.8, 4) is 5.75 Å². The fourth-order valence-corrected chi connectivity index (χ4v) is 2.49. The Labute approximate surface area is 102 Å². The Hall–Kier alpha value is -1.57. The quantitative estimate of drug-likeness (QED) is 0.744. The number of benzene rings is 1. The van der Waals surface area contributed by atoms with Crippen LogP contribution in [-0.2, 0) is 6.42 Å². The third kappa shape index (κ3) is 1.99. The molecule has 0 heterocycles. The Morgan fingerprint density at radius 2 is 2.29 bits per heavy atom. The highest BCUT2D eigenvalue weighted by atomic mass is 16.5. The number of ether oxygens (including phenoxy) is 1. The second-order valence-electron chi connectivity index (χ2n) is 4.91. The van der Waals surface area contributed by atoms with Gasteiger partial charge >= 0.3 is 0 Å². The van der Waals surface area contributed by atoms with E-state index in [1.165, 1.54) is 0 Å². The largest absolute Gasteiger partial charge is 0.497 e. The minimum absolute atomic E-state index is 0.237. The summed E-state index contributed by atoms with van der Waals surface area (Å²) >= 11 is 0. The Kier molecular flexibility index (Phi) is 3.05. The van der Waals surface area contributed by atoms with Crippen molar-refractivity contribution >= 4 is 5.78 Å². The van der Waals surface area contributed by atoms with E-state index in [1.54, 1.807) is 7.11 Å². The maximum Gasteiger partial charge on any atom is 0.169 e. The minimum Gasteiger partial charge on any atom is -0.497 e. The van der Waals surface area contributed by atoms with Gasteiger partial charge in [0.2, 0.25) is 0 Å². The van der Waals surface area contributed by atoms with Crippen LogP contribution in [0.3, 0.4) is 0 Å². The molecule has 0 saturated heterocycles. The van der Waals surface area contributed by atoms with Gasteiger partial charge in [0.05, 0.1) is 7.11 Å². The van der Waals surface area contributed by atoms with Gasteiger partial charge in [0.15, 0.2) is 5.78 Å². The lowest BCUT2D eigenvalue weighted by molar-refractivity contribution is 0.0788. The molecule has 1 atom stereocenters. The highest BCUT2D eigenvalue weighted by Crippen LogP contribution is 2.39. The number of rotatable bonds is 3. The molecular weight excluding hydrogens is 212 g/mol. The van der Waals surface area contributed by atoms with Crippen LogP contribution in [-0.4, -0.2) is 12.9 Å². The molecule has 17 heavy (non-hydrogen) atoms. The van der Waals surface area contributed by atoms with Crippen molar-refractivity contribution in [3.63, 3.8) is 0 Å². The minimum atomic E-state index is -0.274. The van der Waals surface area contributed by atoms with Crippen LogP contribution in [0.5, 0.6) is 5.75 Å². The number of aryl methyl sites for hydroxylation is 1. The highest BCUT2D eigenvalue weighted by Gasteiger charge is 2.37. The molecule has 2 rings (SSSR count). The van der Waals surface area contributed by atoms with Crippen molar-refractivity contribution in [3.05, 3.63) is 42.0 Å². The zero-order valence-electron chi connectivity index (χ0n) is 10.5. The van der Waals surface area contributed by atoms with Crippen LogP contribution in [0.25, 0.3) is 0 Å². The number of hydrogen-bond donors (Lipinski definition) is 0. The molecule has 0 aliphatic heterocycles. The average molecular weight is 230 g/mol. The van der Waals surface area contributed by atoms with Gasteiger partial charge in [0, 0.05) is 11.0 Å². The summed E-state index contributed by atoms with van der Waals surface area (Å²) in [5.74, 6) is 1.06. The van der Waals surface area contributed by atoms with Crippen molar-refractivity contribution in [1.29, 1.82) is 0 Å². The number of fused-ring (bicyclic) bond motifs is 1. The summed E-state index contributed by atoms with van der Waals surface area (Å²) in [5.41, 5.74) is 1.68. The van der Waals surface area contributed by atoms with E-state index in [2.05, 4.69) is 6.58 Å². The van der Waals surface area contributed by atoms with Gasteiger partial charge in [-0.25, -0.2) is 0 Å². The SMILES string of the molecule is C=CC[C@]1(C)CCc2cc(OC)ccc2C1=O. The second kappa shape index (κ2) is 4.36. The first kappa shape index (κ1) is 11.9. The van der Waals surface area contributed by atoms with E-state index >= 15 is 0 Å². The third-order valence-corrected chi connectivity index (χ3v) is 3.65. The van der Waals surface area contributed by atoms with Gasteiger partial charge in [-0.1, -0.05) is 13.0 Å². The van der Waals surface area contributed by atoms with Crippen LogP contribution >= 0.6 is 0 Å². The average Bonchev–Trinajstić information content (AvgIpc) is 2.34. The van der Waals surface area contributed by atoms with E-state index in [1.807, 2.05) is 31.2 Å². The standard InChI is InChI=1S/C15H18O2/c1-4-8-15(2)9-7-11-10-12(17-3)5-6-13(11)14(15)16/h4-6,10H,1,7-9H2,2-3H3/t15-/m1/s1. The summed E-state index contributed by atoms with van der Waals surface area (Å²) in [4.78, 5) is 12.4. The normalized spacial score (nSPS) is 23.1. The number of allylic oxidation sites excluding steroid dienone is 1. The smallest absolute Gasteiger partial charge is 0.169 e. The Balaban J connectivity index is 2.39. The van der Waals surface area contributed by atoms with E-state index in [0.29, 0.717) is 0 Å². The van der Waals surface area contributed by atoms with Crippen LogP contribution in [0.4, 0.5) is 0 Å². The first-order chi connectivity index (χ1) is 8.10. The second-order valence-corrected chi connectivity index (χ2v) is 4.91. The molecule has 0 radical (unpaired) electrons. The Morgan fingerprint density at radius 1 is 1.53 bits per heavy atom. The topological polar surface area (TPSA) is 26.3 Å². The van der Waals surface area contributed by atoms with Crippen molar-refractivity contribution in [2.45, 2.75) is 26.2 Å². The molecule has 2 nitrogen and oxygen atoms in total. The van der Waals surface area contributed by atoms with Crippen molar-refractivity contribution in [2.24, 2.45) is 5.41 Å². The Morgan fingerprint density at radius 3 is 2.94 bits per heavy atom. The predicted molar refractivity (Wildman–Crippen MR) is 68.6 cm³/mol. The zero-order chi connectivity index (χ0) is 12.5. The summed E-state index contributed by atoms with van der Waals surface area (Å²) in [6.45, 7) is 5.78. The van der Waals surface area contributed by atoms with Crippen molar-refractivity contribution in [1.82, 2.24) is 0 Å². The van der Waals surface area contributed by atoms with Crippen LogP contribution in [0.1, 0.15) is 35.7 Å². The molecule has 0 aromatic heterocycles. The van der Waals surface area contributed by atoms with E-state index in [0.717, 1.165) is 36.1 Å². The highest BCUT2D eigenvalue weighted by molar-refractivity contribution is 6.02. The van der Waals surface area contributed by atoms with E-state index in [4.69, 9.17) is 4.74 Å². The summed E-state index contributed by atoms with van der Waals surface area (Å²) in [7, 11) is 1.65. The lowest BCUT2D eigenvalue weighted by atomic mass is 9.70. The first-order valence-corrected chi connectivity index (χ1v) is 5.93. The van der Waals surface area contributed by atoms with E-state index in [-0.39, 0.29) is 11.2 Å². The maximum absolute atomic E-state index is 12.4. The van der Waals surface area contributed by atoms with Crippen molar-refractivity contribution in [2.75, 3.05) is 7.11 Å². The lowest BCUT2D eigenvalue weighted by Crippen LogP contribution is -2.32. The molecule has 0 amide bonds. The van der Waals surface area contributed by atoms with Gasteiger partial charge in [-0.2, -0.15) is 0 Å². The van der Waals surface area contributed by atoms with Gasteiger partial charge < -0.3 is 4.74 Å². The molecule has 0 fully saturated rings. The third-order valence-electron chi connectivity index (χ3n) is 3.65. The molecule has 0 spiro atoms. The van der Waals surface area contributed by atoms with Gasteiger partial charge in [-0.3, -0.25) is 4.79 Å². The van der Waals surface area contributed by atoms with Gasteiger partial charge in [0.1, 0.15) is 5.75 Å². The molecule has 0 unspecified atom stereocenters. The summed E-state index contributed by atoms with van der Waals surface area (Å²) in [5, 5.41) is 0. The Bertz CT molecular complexity index is 462. The predicted octanol–water partition coefficient (Wildman–Crippen LogP) is 3.41. The molecule has 90 valence electrons. The number of ketones is 1. The first-order valence-electron chi connectivity index (χ1n) is 5.93. The van der Waals surface area contributed by atoms with E-state index in [9.17, 15) is 4.79 Å². The summed E-state index contributed by atoms with van der Waals surface area (Å²) in [6, 6.07) is 5.72. The number of carbonyl (C=O) groups is 1. The number of Topliss-reactive ketones (excluding diaryl/α,β-unsaturated/α-hetero) is 1. The zero-order valence-corrected chi connectivity index (χ0v) is 10.5. The molecule has 1 aromatic carbocycles. The van der Waals surface area contributed by atoms with Gasteiger partial charge in [0.25, 0.3) is 0 Å². The lowest BCUT2D eigenvalue weighted by Gasteiger charge is -2.32. The maximum atomic E-state index is 12.4. The fraction of sp³-hybridized carbons (Fsp3) is 0.400. The van der Waals surface area contributed by atoms with Crippen LogP contribution in [0, 0.1) is 5.41 Å². The summed E-state index contributed by atoms with van der Waals surface area (Å²) < 4.78 is 5.19. The molecular formula is C15H18O2. The van der Waals surface area contributed by atoms with Crippen LogP contribution in [0.2, 0.25) is 0 Å². The molecule has 0 bridgehead atoms. The summed E-state index contributed by atoms with van der Waals surface area (Å²) in [6.07, 6.45) is 4.41. The molecule has 0 N–H and O–H groups in total. The van der Waals surface area contributed by atoms with Crippen molar-refractivity contribution < 1.29 is 9.53 Å². The monoisotopic (exact) mass is 230 g/mol. The molecule has 0 saturated carbocycles.